The van der Waals surface area contributed by atoms with Crippen LogP contribution in [0, 0.1) is 11.8 Å². The first kappa shape index (κ1) is 14.0. The number of carbonyl (C=O) groups is 2. The van der Waals surface area contributed by atoms with Crippen LogP contribution < -0.4 is 5.32 Å². The zero-order valence-electron chi connectivity index (χ0n) is 11.2. The molecular formula is C13H24N2O2. The summed E-state index contributed by atoms with van der Waals surface area (Å²) in [6.45, 7) is 5.72. The summed E-state index contributed by atoms with van der Waals surface area (Å²) in [4.78, 5) is 25.2. The Morgan fingerprint density at radius 3 is 2.35 bits per heavy atom. The molecule has 1 saturated heterocycles. The van der Waals surface area contributed by atoms with Gasteiger partial charge in [0.25, 0.3) is 0 Å². The number of nitrogens with one attached hydrogen (secondary N) is 1. The molecule has 0 aromatic heterocycles. The lowest BCUT2D eigenvalue weighted by atomic mass is 9.95. The molecule has 1 fully saturated rings. The molecule has 1 heterocycles. The summed E-state index contributed by atoms with van der Waals surface area (Å²) >= 11 is 0. The molecule has 17 heavy (non-hydrogen) atoms. The predicted octanol–water partition coefficient (Wildman–Crippen LogP) is 1.41. The molecule has 0 radical (unpaired) electrons. The minimum atomic E-state index is 0.0918. The fourth-order valence-corrected chi connectivity index (χ4v) is 2.17. The van der Waals surface area contributed by atoms with Crippen molar-refractivity contribution in [2.45, 2.75) is 39.5 Å². The van der Waals surface area contributed by atoms with Crippen molar-refractivity contribution in [3.63, 3.8) is 0 Å². The molecule has 0 unspecified atom stereocenters. The van der Waals surface area contributed by atoms with Gasteiger partial charge in [-0.3, -0.25) is 9.59 Å². The highest BCUT2D eigenvalue weighted by Crippen LogP contribution is 2.18. The van der Waals surface area contributed by atoms with Crippen molar-refractivity contribution in [3.8, 4) is 0 Å². The van der Waals surface area contributed by atoms with E-state index in [1.54, 1.807) is 7.05 Å². The van der Waals surface area contributed by atoms with Gasteiger partial charge >= 0.3 is 0 Å². The maximum atomic E-state index is 11.9. The van der Waals surface area contributed by atoms with Crippen LogP contribution in [0.25, 0.3) is 0 Å². The molecule has 0 bridgehead atoms. The van der Waals surface area contributed by atoms with Gasteiger partial charge in [0.15, 0.2) is 0 Å². The topological polar surface area (TPSA) is 49.4 Å². The van der Waals surface area contributed by atoms with Gasteiger partial charge < -0.3 is 10.2 Å². The largest absolute Gasteiger partial charge is 0.359 e. The number of amides is 2. The van der Waals surface area contributed by atoms with Gasteiger partial charge in [0.2, 0.25) is 11.8 Å². The highest BCUT2D eigenvalue weighted by molar-refractivity contribution is 5.79. The highest BCUT2D eigenvalue weighted by atomic mass is 16.2. The van der Waals surface area contributed by atoms with Crippen molar-refractivity contribution in [1.82, 2.24) is 10.2 Å². The van der Waals surface area contributed by atoms with Crippen LogP contribution in [0.2, 0.25) is 0 Å². The Morgan fingerprint density at radius 1 is 1.29 bits per heavy atom. The molecule has 4 heteroatoms. The molecule has 1 rings (SSSR count). The Bertz CT molecular complexity index is 269. The van der Waals surface area contributed by atoms with Crippen molar-refractivity contribution in [2.75, 3.05) is 20.1 Å². The van der Waals surface area contributed by atoms with E-state index >= 15 is 0 Å². The number of nitrogens with zero attached hydrogens (tertiary/aromatic N) is 1. The fraction of sp³-hybridized carbons (Fsp3) is 0.846. The summed E-state index contributed by atoms with van der Waals surface area (Å²) in [5.74, 6) is 1.02. The van der Waals surface area contributed by atoms with Crippen molar-refractivity contribution in [2.24, 2.45) is 11.8 Å². The lowest BCUT2D eigenvalue weighted by molar-refractivity contribution is -0.135. The zero-order valence-corrected chi connectivity index (χ0v) is 11.2. The molecule has 0 saturated carbocycles. The van der Waals surface area contributed by atoms with Gasteiger partial charge in [-0.25, -0.2) is 0 Å². The monoisotopic (exact) mass is 240 g/mol. The van der Waals surface area contributed by atoms with Gasteiger partial charge in [0.05, 0.1) is 0 Å². The van der Waals surface area contributed by atoms with Crippen LogP contribution in [-0.2, 0) is 9.59 Å². The predicted molar refractivity (Wildman–Crippen MR) is 67.4 cm³/mol. The van der Waals surface area contributed by atoms with Crippen LogP contribution in [0.1, 0.15) is 39.5 Å². The van der Waals surface area contributed by atoms with Crippen LogP contribution in [-0.4, -0.2) is 36.9 Å². The molecule has 0 aromatic rings. The Kier molecular flexibility index (Phi) is 5.45. The average molecular weight is 240 g/mol. The van der Waals surface area contributed by atoms with Crippen molar-refractivity contribution in [1.29, 1.82) is 0 Å². The van der Waals surface area contributed by atoms with Gasteiger partial charge in [0.1, 0.15) is 0 Å². The molecule has 2 amide bonds. The summed E-state index contributed by atoms with van der Waals surface area (Å²) in [6, 6.07) is 0. The standard InChI is InChI=1S/C13H24N2O2/c1-10(2)4-5-12(16)15-8-6-11(7-9-15)13(17)14-3/h10-11H,4-9H2,1-3H3,(H,14,17). The highest BCUT2D eigenvalue weighted by Gasteiger charge is 2.26. The molecule has 0 atom stereocenters. The number of piperidine rings is 1. The number of hydrogen-bond donors (Lipinski definition) is 1. The minimum absolute atomic E-state index is 0.0918. The van der Waals surface area contributed by atoms with E-state index in [4.69, 9.17) is 0 Å². The van der Waals surface area contributed by atoms with Gasteiger partial charge in [-0.15, -0.1) is 0 Å². The number of hydrogen-bond acceptors (Lipinski definition) is 2. The van der Waals surface area contributed by atoms with Crippen molar-refractivity contribution in [3.05, 3.63) is 0 Å². The number of rotatable bonds is 4. The van der Waals surface area contributed by atoms with Gasteiger partial charge in [-0.05, 0) is 25.2 Å². The summed E-state index contributed by atoms with van der Waals surface area (Å²) in [7, 11) is 1.67. The molecule has 0 spiro atoms. The van der Waals surface area contributed by atoms with E-state index < -0.39 is 0 Å². The van der Waals surface area contributed by atoms with Crippen LogP contribution >= 0.6 is 0 Å². The lowest BCUT2D eigenvalue weighted by Crippen LogP contribution is -2.42. The first-order valence-electron chi connectivity index (χ1n) is 6.54. The minimum Gasteiger partial charge on any atom is -0.359 e. The molecular weight excluding hydrogens is 216 g/mol. The third-order valence-corrected chi connectivity index (χ3v) is 3.40. The lowest BCUT2D eigenvalue weighted by Gasteiger charge is -2.31. The van der Waals surface area contributed by atoms with Crippen molar-refractivity contribution >= 4 is 11.8 Å². The third-order valence-electron chi connectivity index (χ3n) is 3.40. The summed E-state index contributed by atoms with van der Waals surface area (Å²) in [5, 5.41) is 2.68. The van der Waals surface area contributed by atoms with Crippen molar-refractivity contribution < 1.29 is 9.59 Å². The second kappa shape index (κ2) is 6.62. The van der Waals surface area contributed by atoms with E-state index in [-0.39, 0.29) is 17.7 Å². The maximum absolute atomic E-state index is 11.9. The summed E-state index contributed by atoms with van der Waals surface area (Å²) in [6.07, 6.45) is 3.19. The quantitative estimate of drug-likeness (QED) is 0.807. The third kappa shape index (κ3) is 4.36. The Morgan fingerprint density at radius 2 is 1.88 bits per heavy atom. The van der Waals surface area contributed by atoms with Gasteiger partial charge in [-0.1, -0.05) is 13.8 Å². The van der Waals surface area contributed by atoms with Crippen LogP contribution in [0.15, 0.2) is 0 Å². The van der Waals surface area contributed by atoms with E-state index in [0.717, 1.165) is 32.4 Å². The van der Waals surface area contributed by atoms with Gasteiger partial charge in [0, 0.05) is 32.5 Å². The normalized spacial score (nSPS) is 17.3. The van der Waals surface area contributed by atoms with E-state index in [0.29, 0.717) is 12.3 Å². The Hall–Kier alpha value is -1.06. The Balaban J connectivity index is 2.31. The first-order valence-corrected chi connectivity index (χ1v) is 6.54. The molecule has 1 N–H and O–H groups in total. The second-order valence-electron chi connectivity index (χ2n) is 5.20. The van der Waals surface area contributed by atoms with Gasteiger partial charge in [-0.2, -0.15) is 0 Å². The SMILES string of the molecule is CNC(=O)C1CCN(C(=O)CCC(C)C)CC1. The average Bonchev–Trinajstić information content (AvgIpc) is 2.35. The van der Waals surface area contributed by atoms with E-state index in [2.05, 4.69) is 19.2 Å². The second-order valence-corrected chi connectivity index (χ2v) is 5.20. The van der Waals surface area contributed by atoms with Crippen LogP contribution in [0.5, 0.6) is 0 Å². The molecule has 4 nitrogen and oxygen atoms in total. The number of carbonyl (C=O) groups excluding carboxylic acids is 2. The fourth-order valence-electron chi connectivity index (χ4n) is 2.17. The zero-order chi connectivity index (χ0) is 12.8. The smallest absolute Gasteiger partial charge is 0.222 e. The molecule has 0 aliphatic carbocycles. The van der Waals surface area contributed by atoms with Crippen LogP contribution in [0.3, 0.4) is 0 Å². The van der Waals surface area contributed by atoms with E-state index in [1.165, 1.54) is 0 Å². The summed E-state index contributed by atoms with van der Waals surface area (Å²) in [5.41, 5.74) is 0. The molecule has 1 aliphatic rings. The van der Waals surface area contributed by atoms with E-state index in [9.17, 15) is 9.59 Å². The molecule has 98 valence electrons. The van der Waals surface area contributed by atoms with E-state index in [1.807, 2.05) is 4.90 Å². The summed E-state index contributed by atoms with van der Waals surface area (Å²) < 4.78 is 0. The molecule has 1 aliphatic heterocycles. The van der Waals surface area contributed by atoms with Crippen LogP contribution in [0.4, 0.5) is 0 Å². The maximum Gasteiger partial charge on any atom is 0.222 e. The number of likely N-dealkylation sites (tertiary alicyclic amines) is 1. The molecule has 0 aromatic carbocycles. The first-order chi connectivity index (χ1) is 8.04. The Labute approximate surface area is 104 Å².